The van der Waals surface area contributed by atoms with Crippen LogP contribution in [0.3, 0.4) is 0 Å². The number of aliphatic hydroxyl groups is 1. The van der Waals surface area contributed by atoms with Crippen molar-refractivity contribution in [2.45, 2.75) is 32.4 Å². The van der Waals surface area contributed by atoms with Crippen molar-refractivity contribution in [1.82, 2.24) is 10.2 Å². The van der Waals surface area contributed by atoms with E-state index < -0.39 is 5.54 Å². The molecule has 0 bridgehead atoms. The zero-order valence-electron chi connectivity index (χ0n) is 12.1. The Hall–Kier alpha value is -2.32. The Morgan fingerprint density at radius 2 is 2.05 bits per heavy atom. The predicted molar refractivity (Wildman–Crippen MR) is 78.2 cm³/mol. The third-order valence-corrected chi connectivity index (χ3v) is 3.70. The van der Waals surface area contributed by atoms with Gasteiger partial charge in [-0.05, 0) is 25.0 Å². The highest BCUT2D eigenvalue weighted by molar-refractivity contribution is 6.06. The van der Waals surface area contributed by atoms with E-state index in [1.807, 2.05) is 25.1 Å². The molecule has 0 saturated carbocycles. The van der Waals surface area contributed by atoms with E-state index in [0.29, 0.717) is 12.0 Å². The Labute approximate surface area is 124 Å². The fourth-order valence-electron chi connectivity index (χ4n) is 2.22. The van der Waals surface area contributed by atoms with Crippen LogP contribution < -0.4 is 5.32 Å². The van der Waals surface area contributed by atoms with Gasteiger partial charge < -0.3 is 10.4 Å². The van der Waals surface area contributed by atoms with Gasteiger partial charge in [-0.3, -0.25) is 9.69 Å². The molecule has 0 aliphatic carbocycles. The van der Waals surface area contributed by atoms with Crippen LogP contribution in [-0.2, 0) is 11.3 Å². The van der Waals surface area contributed by atoms with Crippen molar-refractivity contribution < 1.29 is 14.7 Å². The van der Waals surface area contributed by atoms with Crippen molar-refractivity contribution in [2.24, 2.45) is 0 Å². The number of carbonyl (C=O) groups excluding carboxylic acids is 2. The summed E-state index contributed by atoms with van der Waals surface area (Å²) in [4.78, 5) is 25.6. The summed E-state index contributed by atoms with van der Waals surface area (Å²) >= 11 is 0. The van der Waals surface area contributed by atoms with Gasteiger partial charge in [0.2, 0.25) is 0 Å². The number of amides is 3. The molecule has 2 N–H and O–H groups in total. The second-order valence-electron chi connectivity index (χ2n) is 5.12. The van der Waals surface area contributed by atoms with Crippen LogP contribution in [0.25, 0.3) is 0 Å². The highest BCUT2D eigenvalue weighted by Crippen LogP contribution is 2.23. The average molecular weight is 286 g/mol. The highest BCUT2D eigenvalue weighted by atomic mass is 16.2. The van der Waals surface area contributed by atoms with E-state index >= 15 is 0 Å². The molecule has 0 aromatic heterocycles. The first-order valence-corrected chi connectivity index (χ1v) is 6.83. The number of nitrogens with zero attached hydrogens (tertiary/aromatic N) is 1. The summed E-state index contributed by atoms with van der Waals surface area (Å²) in [5.41, 5.74) is 0.655. The number of hydrogen-bond donors (Lipinski definition) is 2. The second kappa shape index (κ2) is 5.98. The van der Waals surface area contributed by atoms with Crippen LogP contribution in [0.4, 0.5) is 4.79 Å². The fraction of sp³-hybridized carbons (Fsp3) is 0.375. The lowest BCUT2D eigenvalue weighted by Gasteiger charge is -2.19. The summed E-state index contributed by atoms with van der Waals surface area (Å²) in [7, 11) is 0. The summed E-state index contributed by atoms with van der Waals surface area (Å²) in [5.74, 6) is 5.19. The molecular weight excluding hydrogens is 268 g/mol. The van der Waals surface area contributed by atoms with Gasteiger partial charge in [0.05, 0.1) is 6.54 Å². The second-order valence-corrected chi connectivity index (χ2v) is 5.12. The lowest BCUT2D eigenvalue weighted by atomic mass is 9.99. The predicted octanol–water partition coefficient (Wildman–Crippen LogP) is 1.25. The zero-order valence-corrected chi connectivity index (χ0v) is 12.1. The Bertz CT molecular complexity index is 630. The van der Waals surface area contributed by atoms with Crippen LogP contribution in [-0.4, -0.2) is 34.1 Å². The van der Waals surface area contributed by atoms with Crippen LogP contribution in [0.1, 0.15) is 31.4 Å². The number of benzene rings is 1. The van der Waals surface area contributed by atoms with E-state index in [1.165, 1.54) is 4.90 Å². The van der Waals surface area contributed by atoms with Gasteiger partial charge in [0, 0.05) is 5.56 Å². The Morgan fingerprint density at radius 3 is 2.67 bits per heavy atom. The third-order valence-electron chi connectivity index (χ3n) is 3.70. The first-order valence-electron chi connectivity index (χ1n) is 6.83. The Kier molecular flexibility index (Phi) is 4.29. The van der Waals surface area contributed by atoms with Gasteiger partial charge in [0.15, 0.2) is 0 Å². The third kappa shape index (κ3) is 2.91. The minimum absolute atomic E-state index is 0.177. The molecule has 5 nitrogen and oxygen atoms in total. The number of imide groups is 1. The van der Waals surface area contributed by atoms with Gasteiger partial charge >= 0.3 is 6.03 Å². The Morgan fingerprint density at radius 1 is 1.33 bits per heavy atom. The summed E-state index contributed by atoms with van der Waals surface area (Å²) in [6.07, 6.45) is 0.542. The van der Waals surface area contributed by atoms with E-state index in [2.05, 4.69) is 17.2 Å². The lowest BCUT2D eigenvalue weighted by molar-refractivity contribution is -0.131. The van der Waals surface area contributed by atoms with Gasteiger partial charge in [-0.15, -0.1) is 0 Å². The van der Waals surface area contributed by atoms with E-state index in [1.54, 1.807) is 13.0 Å². The van der Waals surface area contributed by atoms with E-state index in [9.17, 15) is 9.59 Å². The first-order chi connectivity index (χ1) is 10.0. The van der Waals surface area contributed by atoms with Gasteiger partial charge in [0.1, 0.15) is 12.1 Å². The molecule has 1 heterocycles. The number of nitrogens with one attached hydrogen (secondary N) is 1. The number of urea groups is 1. The monoisotopic (exact) mass is 286 g/mol. The maximum Gasteiger partial charge on any atom is 0.325 e. The molecule has 0 radical (unpaired) electrons. The molecule has 1 fully saturated rings. The zero-order chi connectivity index (χ0) is 15.5. The molecule has 21 heavy (non-hydrogen) atoms. The standard InChI is InChI=1S/C16H18N2O3/c1-3-16(2)14(20)18(15(21)17-16)11-13-8-5-4-7-12(13)9-6-10-19/h4-5,7-8,19H,3,10-11H2,1-2H3,(H,17,21). The highest BCUT2D eigenvalue weighted by Gasteiger charge is 2.46. The van der Waals surface area contributed by atoms with Crippen molar-refractivity contribution in [3.05, 3.63) is 35.4 Å². The van der Waals surface area contributed by atoms with Crippen molar-refractivity contribution in [1.29, 1.82) is 0 Å². The summed E-state index contributed by atoms with van der Waals surface area (Å²) < 4.78 is 0. The molecule has 1 atom stereocenters. The molecule has 5 heteroatoms. The molecule has 1 unspecified atom stereocenters. The molecule has 1 aromatic rings. The number of rotatable bonds is 3. The quantitative estimate of drug-likeness (QED) is 0.649. The van der Waals surface area contributed by atoms with Crippen molar-refractivity contribution in [2.75, 3.05) is 6.61 Å². The van der Waals surface area contributed by atoms with E-state index in [4.69, 9.17) is 5.11 Å². The molecule has 1 saturated heterocycles. The maximum absolute atomic E-state index is 12.4. The number of hydrogen-bond acceptors (Lipinski definition) is 3. The molecule has 110 valence electrons. The smallest absolute Gasteiger partial charge is 0.325 e. The van der Waals surface area contributed by atoms with Crippen LogP contribution in [0.5, 0.6) is 0 Å². The van der Waals surface area contributed by atoms with Crippen LogP contribution in [0.2, 0.25) is 0 Å². The minimum atomic E-state index is -0.831. The molecule has 1 aliphatic heterocycles. The van der Waals surface area contributed by atoms with E-state index in [0.717, 1.165) is 5.56 Å². The van der Waals surface area contributed by atoms with Crippen molar-refractivity contribution >= 4 is 11.9 Å². The summed E-state index contributed by atoms with van der Waals surface area (Å²) in [5, 5.41) is 11.5. The summed E-state index contributed by atoms with van der Waals surface area (Å²) in [6, 6.07) is 6.90. The van der Waals surface area contributed by atoms with Gasteiger partial charge in [0.25, 0.3) is 5.91 Å². The number of aliphatic hydroxyl groups excluding tert-OH is 1. The van der Waals surface area contributed by atoms with E-state index in [-0.39, 0.29) is 25.1 Å². The lowest BCUT2D eigenvalue weighted by Crippen LogP contribution is -2.43. The van der Waals surface area contributed by atoms with Crippen molar-refractivity contribution in [3.63, 3.8) is 0 Å². The molecule has 1 aliphatic rings. The molecule has 2 rings (SSSR count). The van der Waals surface area contributed by atoms with Crippen LogP contribution in [0, 0.1) is 11.8 Å². The normalized spacial score (nSPS) is 21.0. The topological polar surface area (TPSA) is 69.6 Å². The molecule has 0 spiro atoms. The summed E-state index contributed by atoms with van der Waals surface area (Å²) in [6.45, 7) is 3.54. The fourth-order valence-corrected chi connectivity index (χ4v) is 2.22. The first kappa shape index (κ1) is 15.1. The van der Waals surface area contributed by atoms with Crippen molar-refractivity contribution in [3.8, 4) is 11.8 Å². The van der Waals surface area contributed by atoms with Gasteiger partial charge in [-0.2, -0.15) is 0 Å². The minimum Gasteiger partial charge on any atom is -0.384 e. The molecule has 3 amide bonds. The largest absolute Gasteiger partial charge is 0.384 e. The maximum atomic E-state index is 12.4. The molecule has 1 aromatic carbocycles. The SMILES string of the molecule is CCC1(C)NC(=O)N(Cc2ccccc2C#CCO)C1=O. The average Bonchev–Trinajstić information content (AvgIpc) is 2.70. The Balaban J connectivity index is 2.27. The number of carbonyl (C=O) groups is 2. The van der Waals surface area contributed by atoms with Gasteiger partial charge in [-0.25, -0.2) is 4.79 Å². The molecular formula is C16H18N2O3. The van der Waals surface area contributed by atoms with Crippen LogP contribution >= 0.6 is 0 Å². The van der Waals surface area contributed by atoms with Gasteiger partial charge in [-0.1, -0.05) is 37.0 Å². The van der Waals surface area contributed by atoms with Crippen LogP contribution in [0.15, 0.2) is 24.3 Å².